The van der Waals surface area contributed by atoms with E-state index in [1.165, 1.54) is 11.1 Å². The van der Waals surface area contributed by atoms with Crippen LogP contribution in [0, 0.1) is 6.92 Å². The SMILES string of the molecule is Cc1ccc(-c2ccc3nc(-c4cccnc4N)n(-c4ccc(CN5CCNCC5)cc4)c3n2)cc1. The van der Waals surface area contributed by atoms with E-state index in [4.69, 9.17) is 15.7 Å². The molecule has 3 N–H and O–H groups in total. The molecule has 36 heavy (non-hydrogen) atoms. The Labute approximate surface area is 210 Å². The van der Waals surface area contributed by atoms with Crippen LogP contribution in [0.5, 0.6) is 0 Å². The van der Waals surface area contributed by atoms with E-state index in [1.54, 1.807) is 6.20 Å². The number of nitrogens with zero attached hydrogens (tertiary/aromatic N) is 5. The normalized spacial score (nSPS) is 14.4. The molecule has 5 aromatic rings. The first-order chi connectivity index (χ1) is 17.7. The Bertz CT molecular complexity index is 1500. The smallest absolute Gasteiger partial charge is 0.165 e. The molecular weight excluding hydrogens is 446 g/mol. The highest BCUT2D eigenvalue weighted by Crippen LogP contribution is 2.32. The number of aryl methyl sites for hydroxylation is 1. The third kappa shape index (κ3) is 4.34. The van der Waals surface area contributed by atoms with Crippen molar-refractivity contribution in [2.45, 2.75) is 13.5 Å². The first kappa shape index (κ1) is 22.4. The number of nitrogen functional groups attached to an aromatic ring is 1. The number of rotatable bonds is 5. The molecule has 0 atom stereocenters. The fourth-order valence-corrected chi connectivity index (χ4v) is 4.75. The number of aromatic nitrogens is 4. The van der Waals surface area contributed by atoms with Crippen LogP contribution in [0.4, 0.5) is 5.82 Å². The second-order valence-corrected chi connectivity index (χ2v) is 9.30. The molecule has 7 heteroatoms. The van der Waals surface area contributed by atoms with Gasteiger partial charge in [-0.25, -0.2) is 15.0 Å². The lowest BCUT2D eigenvalue weighted by Crippen LogP contribution is -2.42. The number of imidazole rings is 1. The molecule has 0 radical (unpaired) electrons. The lowest BCUT2D eigenvalue weighted by Gasteiger charge is -2.27. The van der Waals surface area contributed by atoms with Crippen LogP contribution in [0.15, 0.2) is 79.0 Å². The number of anilines is 1. The zero-order chi connectivity index (χ0) is 24.5. The monoisotopic (exact) mass is 475 g/mol. The van der Waals surface area contributed by atoms with Gasteiger partial charge in [0.2, 0.25) is 0 Å². The average molecular weight is 476 g/mol. The van der Waals surface area contributed by atoms with Gasteiger partial charge in [0.15, 0.2) is 11.5 Å². The van der Waals surface area contributed by atoms with Gasteiger partial charge in [-0.05, 0) is 48.9 Å². The van der Waals surface area contributed by atoms with Crippen LogP contribution in [-0.4, -0.2) is 50.6 Å². The number of benzene rings is 2. The van der Waals surface area contributed by atoms with Crippen LogP contribution in [0.3, 0.4) is 0 Å². The summed E-state index contributed by atoms with van der Waals surface area (Å²) in [5.41, 5.74) is 14.2. The third-order valence-corrected chi connectivity index (χ3v) is 6.74. The Morgan fingerprint density at radius 3 is 2.42 bits per heavy atom. The molecule has 0 amide bonds. The molecule has 0 unspecified atom stereocenters. The van der Waals surface area contributed by atoms with Gasteiger partial charge >= 0.3 is 0 Å². The minimum Gasteiger partial charge on any atom is -0.383 e. The van der Waals surface area contributed by atoms with E-state index in [0.29, 0.717) is 5.82 Å². The molecule has 0 spiro atoms. The van der Waals surface area contributed by atoms with Crippen molar-refractivity contribution >= 4 is 17.0 Å². The van der Waals surface area contributed by atoms with E-state index in [2.05, 4.69) is 75.2 Å². The first-order valence-electron chi connectivity index (χ1n) is 12.4. The van der Waals surface area contributed by atoms with E-state index < -0.39 is 0 Å². The van der Waals surface area contributed by atoms with Crippen molar-refractivity contribution in [1.29, 1.82) is 0 Å². The van der Waals surface area contributed by atoms with Gasteiger partial charge in [-0.3, -0.25) is 9.47 Å². The van der Waals surface area contributed by atoms with Crippen LogP contribution in [-0.2, 0) is 6.54 Å². The maximum Gasteiger partial charge on any atom is 0.165 e. The topological polar surface area (TPSA) is 84.9 Å². The molecule has 3 aromatic heterocycles. The van der Waals surface area contributed by atoms with Gasteiger partial charge in [-0.1, -0.05) is 42.0 Å². The Hall–Kier alpha value is -4.07. The molecule has 4 heterocycles. The molecule has 1 saturated heterocycles. The molecular formula is C29H29N7. The summed E-state index contributed by atoms with van der Waals surface area (Å²) < 4.78 is 2.09. The summed E-state index contributed by atoms with van der Waals surface area (Å²) in [6.07, 6.45) is 1.70. The maximum atomic E-state index is 6.29. The molecule has 0 aliphatic carbocycles. The number of piperazine rings is 1. The predicted molar refractivity (Wildman–Crippen MR) is 145 cm³/mol. The molecule has 2 aromatic carbocycles. The van der Waals surface area contributed by atoms with E-state index >= 15 is 0 Å². The quantitative estimate of drug-likeness (QED) is 0.391. The lowest BCUT2D eigenvalue weighted by atomic mass is 10.1. The Morgan fingerprint density at radius 2 is 1.67 bits per heavy atom. The summed E-state index contributed by atoms with van der Waals surface area (Å²) >= 11 is 0. The molecule has 1 aliphatic rings. The van der Waals surface area contributed by atoms with Gasteiger partial charge in [0.05, 0.1) is 11.3 Å². The molecule has 180 valence electrons. The Balaban J connectivity index is 1.46. The summed E-state index contributed by atoms with van der Waals surface area (Å²) in [7, 11) is 0. The van der Waals surface area contributed by atoms with Gasteiger partial charge in [0.1, 0.15) is 11.3 Å². The Morgan fingerprint density at radius 1 is 0.889 bits per heavy atom. The predicted octanol–water partition coefficient (Wildman–Crippen LogP) is 4.45. The second kappa shape index (κ2) is 9.53. The molecule has 1 aliphatic heterocycles. The van der Waals surface area contributed by atoms with Crippen LogP contribution < -0.4 is 11.1 Å². The molecule has 0 bridgehead atoms. The number of fused-ring (bicyclic) bond motifs is 1. The number of nitrogens with one attached hydrogen (secondary N) is 1. The van der Waals surface area contributed by atoms with Gasteiger partial charge in [-0.2, -0.15) is 0 Å². The summed E-state index contributed by atoms with van der Waals surface area (Å²) in [5.74, 6) is 1.18. The highest BCUT2D eigenvalue weighted by molar-refractivity contribution is 5.84. The summed E-state index contributed by atoms with van der Waals surface area (Å²) in [5, 5.41) is 3.42. The number of hydrogen-bond acceptors (Lipinski definition) is 6. The maximum absolute atomic E-state index is 6.29. The van der Waals surface area contributed by atoms with Crippen LogP contribution in [0.25, 0.3) is 39.5 Å². The lowest BCUT2D eigenvalue weighted by molar-refractivity contribution is 0.233. The minimum atomic E-state index is 0.447. The largest absolute Gasteiger partial charge is 0.383 e. The zero-order valence-corrected chi connectivity index (χ0v) is 20.4. The van der Waals surface area contributed by atoms with E-state index in [1.807, 2.05) is 24.3 Å². The van der Waals surface area contributed by atoms with Gasteiger partial charge in [-0.15, -0.1) is 0 Å². The standard InChI is InChI=1S/C29H29N7/c1-20-4-8-22(9-5-20)25-12-13-26-29(33-25)36(28(34-26)24-3-2-14-32-27(24)30)23-10-6-21(7-11-23)19-35-17-15-31-16-18-35/h2-14,31H,15-19H2,1H3,(H2,30,32). The molecule has 1 fully saturated rings. The summed E-state index contributed by atoms with van der Waals surface area (Å²) in [6.45, 7) is 7.28. The van der Waals surface area contributed by atoms with Crippen molar-refractivity contribution in [2.24, 2.45) is 0 Å². The average Bonchev–Trinajstić information content (AvgIpc) is 3.29. The van der Waals surface area contributed by atoms with E-state index in [-0.39, 0.29) is 0 Å². The summed E-state index contributed by atoms with van der Waals surface area (Å²) in [6, 6.07) is 25.0. The van der Waals surface area contributed by atoms with Crippen molar-refractivity contribution in [1.82, 2.24) is 29.7 Å². The minimum absolute atomic E-state index is 0.447. The Kier molecular flexibility index (Phi) is 5.93. The first-order valence-corrected chi connectivity index (χ1v) is 12.4. The fraction of sp³-hybridized carbons (Fsp3) is 0.207. The fourth-order valence-electron chi connectivity index (χ4n) is 4.75. The zero-order valence-electron chi connectivity index (χ0n) is 20.4. The van der Waals surface area contributed by atoms with Gasteiger partial charge in [0, 0.05) is 50.2 Å². The van der Waals surface area contributed by atoms with Crippen molar-refractivity contribution in [3.8, 4) is 28.3 Å². The molecule has 6 rings (SSSR count). The number of nitrogens with two attached hydrogens (primary N) is 1. The number of pyridine rings is 2. The van der Waals surface area contributed by atoms with Crippen molar-refractivity contribution in [3.63, 3.8) is 0 Å². The molecule has 7 nitrogen and oxygen atoms in total. The second-order valence-electron chi connectivity index (χ2n) is 9.30. The van der Waals surface area contributed by atoms with E-state index in [9.17, 15) is 0 Å². The van der Waals surface area contributed by atoms with Gasteiger partial charge in [0.25, 0.3) is 0 Å². The van der Waals surface area contributed by atoms with Crippen LogP contribution in [0.1, 0.15) is 11.1 Å². The summed E-state index contributed by atoms with van der Waals surface area (Å²) in [4.78, 5) is 16.8. The van der Waals surface area contributed by atoms with Crippen molar-refractivity contribution in [2.75, 3.05) is 31.9 Å². The third-order valence-electron chi connectivity index (χ3n) is 6.74. The highest BCUT2D eigenvalue weighted by atomic mass is 15.2. The van der Waals surface area contributed by atoms with E-state index in [0.717, 1.165) is 72.2 Å². The van der Waals surface area contributed by atoms with Crippen LogP contribution >= 0.6 is 0 Å². The van der Waals surface area contributed by atoms with Crippen molar-refractivity contribution in [3.05, 3.63) is 90.1 Å². The van der Waals surface area contributed by atoms with Crippen molar-refractivity contribution < 1.29 is 0 Å². The number of hydrogen-bond donors (Lipinski definition) is 2. The van der Waals surface area contributed by atoms with Gasteiger partial charge < -0.3 is 11.1 Å². The van der Waals surface area contributed by atoms with Crippen LogP contribution in [0.2, 0.25) is 0 Å². The molecule has 0 saturated carbocycles. The highest BCUT2D eigenvalue weighted by Gasteiger charge is 2.19.